The average Bonchev–Trinajstić information content (AvgIpc) is 2.88. The molecule has 8 nitrogen and oxygen atoms in total. The molecule has 2 aromatic rings. The van der Waals surface area contributed by atoms with Gasteiger partial charge in [-0.3, -0.25) is 19.2 Å². The van der Waals surface area contributed by atoms with Crippen LogP contribution in [-0.2, 0) is 21.4 Å². The summed E-state index contributed by atoms with van der Waals surface area (Å²) in [6.45, 7) is 0.0818. The Morgan fingerprint density at radius 2 is 2.19 bits per heavy atom. The lowest BCUT2D eigenvalue weighted by atomic mass is 10.4. The summed E-state index contributed by atoms with van der Waals surface area (Å²) in [5.74, 6) is -0.991. The zero-order valence-corrected chi connectivity index (χ0v) is 12.2. The van der Waals surface area contributed by atoms with Gasteiger partial charge in [0, 0.05) is 12.4 Å². The molecular formula is C11H11ClN4O4S. The van der Waals surface area contributed by atoms with E-state index >= 15 is 0 Å². The minimum absolute atomic E-state index is 0.0818. The van der Waals surface area contributed by atoms with Crippen molar-refractivity contribution in [2.45, 2.75) is 17.9 Å². The van der Waals surface area contributed by atoms with Crippen molar-refractivity contribution in [1.29, 1.82) is 0 Å². The van der Waals surface area contributed by atoms with E-state index in [0.29, 0.717) is 0 Å². The van der Waals surface area contributed by atoms with Gasteiger partial charge in [0.25, 0.3) is 10.0 Å². The highest BCUT2D eigenvalue weighted by Gasteiger charge is 2.18. The molecule has 0 aliphatic heterocycles. The second kappa shape index (κ2) is 6.10. The number of sulfonamides is 1. The number of aryl methyl sites for hydroxylation is 1. The predicted octanol–water partition coefficient (Wildman–Crippen LogP) is 1.21. The maximum atomic E-state index is 12.1. The molecule has 112 valence electrons. The molecule has 0 atom stereocenters. The van der Waals surface area contributed by atoms with Gasteiger partial charge in [0.2, 0.25) is 0 Å². The minimum atomic E-state index is -3.86. The van der Waals surface area contributed by atoms with Crippen LogP contribution in [0.15, 0.2) is 35.7 Å². The fourth-order valence-electron chi connectivity index (χ4n) is 1.47. The van der Waals surface area contributed by atoms with Crippen molar-refractivity contribution < 1.29 is 18.3 Å². The van der Waals surface area contributed by atoms with Crippen LogP contribution >= 0.6 is 11.6 Å². The number of anilines is 1. The maximum Gasteiger partial charge on any atom is 0.305 e. The molecule has 2 aromatic heterocycles. The summed E-state index contributed by atoms with van der Waals surface area (Å²) in [6, 6.07) is 1.45. The van der Waals surface area contributed by atoms with Gasteiger partial charge in [0.1, 0.15) is 4.90 Å². The molecule has 0 saturated carbocycles. The van der Waals surface area contributed by atoms with Crippen molar-refractivity contribution in [2.75, 3.05) is 4.72 Å². The van der Waals surface area contributed by atoms with E-state index in [0.717, 1.165) is 6.20 Å². The van der Waals surface area contributed by atoms with Crippen LogP contribution in [0.25, 0.3) is 0 Å². The van der Waals surface area contributed by atoms with Gasteiger partial charge in [-0.1, -0.05) is 11.6 Å². The van der Waals surface area contributed by atoms with Gasteiger partial charge in [-0.2, -0.15) is 5.10 Å². The molecule has 0 aromatic carbocycles. The number of rotatable bonds is 6. The molecule has 21 heavy (non-hydrogen) atoms. The fraction of sp³-hybridized carbons (Fsp3) is 0.182. The number of hydrogen-bond acceptors (Lipinski definition) is 5. The van der Waals surface area contributed by atoms with E-state index < -0.39 is 16.0 Å². The minimum Gasteiger partial charge on any atom is -0.481 e. The van der Waals surface area contributed by atoms with Crippen LogP contribution in [0.1, 0.15) is 6.42 Å². The Labute approximate surface area is 125 Å². The number of halogens is 1. The standard InChI is InChI=1S/C11H11ClN4O4S/c12-9-1-3-13-6-10(9)15-21(19,20)8-5-14-16(7-8)4-2-11(17)18/h1,3,5-7,15H,2,4H2,(H,17,18). The molecule has 0 aliphatic rings. The van der Waals surface area contributed by atoms with Crippen LogP contribution in [0.3, 0.4) is 0 Å². The van der Waals surface area contributed by atoms with E-state index in [4.69, 9.17) is 16.7 Å². The molecule has 0 spiro atoms. The average molecular weight is 331 g/mol. The summed E-state index contributed by atoms with van der Waals surface area (Å²) < 4.78 is 27.8. The van der Waals surface area contributed by atoms with Crippen LogP contribution in [0.2, 0.25) is 5.02 Å². The molecule has 0 fully saturated rings. The van der Waals surface area contributed by atoms with E-state index in [1.165, 1.54) is 29.3 Å². The molecule has 0 radical (unpaired) electrons. The van der Waals surface area contributed by atoms with Crippen LogP contribution in [-0.4, -0.2) is 34.3 Å². The Balaban J connectivity index is 2.17. The second-order valence-corrected chi connectivity index (χ2v) is 6.13. The summed E-state index contributed by atoms with van der Waals surface area (Å²) in [5, 5.41) is 12.6. The Hall–Kier alpha value is -2.13. The third-order valence-electron chi connectivity index (χ3n) is 2.49. The van der Waals surface area contributed by atoms with Gasteiger partial charge in [0.15, 0.2) is 0 Å². The van der Waals surface area contributed by atoms with Crippen LogP contribution in [0, 0.1) is 0 Å². The molecule has 10 heteroatoms. The number of hydrogen-bond donors (Lipinski definition) is 2. The lowest BCUT2D eigenvalue weighted by molar-refractivity contribution is -0.137. The van der Waals surface area contributed by atoms with Crippen molar-refractivity contribution in [3.8, 4) is 0 Å². The lowest BCUT2D eigenvalue weighted by Crippen LogP contribution is -2.13. The van der Waals surface area contributed by atoms with E-state index in [2.05, 4.69) is 14.8 Å². The monoisotopic (exact) mass is 330 g/mol. The second-order valence-electron chi connectivity index (χ2n) is 4.04. The van der Waals surface area contributed by atoms with Crippen LogP contribution in [0.4, 0.5) is 5.69 Å². The molecule has 2 N–H and O–H groups in total. The zero-order chi connectivity index (χ0) is 15.5. The largest absolute Gasteiger partial charge is 0.481 e. The lowest BCUT2D eigenvalue weighted by Gasteiger charge is -2.06. The number of aliphatic carboxylic acids is 1. The molecule has 0 amide bonds. The number of carbonyl (C=O) groups is 1. The van der Waals surface area contributed by atoms with E-state index in [-0.39, 0.29) is 28.6 Å². The van der Waals surface area contributed by atoms with Crippen LogP contribution in [0.5, 0.6) is 0 Å². The highest BCUT2D eigenvalue weighted by Crippen LogP contribution is 2.22. The first-order valence-electron chi connectivity index (χ1n) is 5.75. The summed E-state index contributed by atoms with van der Waals surface area (Å²) in [7, 11) is -3.86. The molecule has 0 unspecified atom stereocenters. The summed E-state index contributed by atoms with van der Waals surface area (Å²) in [4.78, 5) is 14.2. The SMILES string of the molecule is O=C(O)CCn1cc(S(=O)(=O)Nc2cnccc2Cl)cn1. The smallest absolute Gasteiger partial charge is 0.305 e. The third-order valence-corrected chi connectivity index (χ3v) is 4.14. The molecular weight excluding hydrogens is 320 g/mol. The van der Waals surface area contributed by atoms with Gasteiger partial charge >= 0.3 is 5.97 Å². The first-order chi connectivity index (χ1) is 9.88. The Bertz CT molecular complexity index is 759. The van der Waals surface area contributed by atoms with Gasteiger partial charge in [-0.25, -0.2) is 8.42 Å². The first-order valence-corrected chi connectivity index (χ1v) is 7.61. The number of carboxylic acid groups (broad SMARTS) is 1. The Morgan fingerprint density at radius 1 is 1.43 bits per heavy atom. The van der Waals surface area contributed by atoms with E-state index in [1.54, 1.807) is 0 Å². The topological polar surface area (TPSA) is 114 Å². The van der Waals surface area contributed by atoms with Gasteiger partial charge in [0.05, 0.1) is 36.1 Å². The van der Waals surface area contributed by atoms with Crippen molar-refractivity contribution in [3.05, 3.63) is 35.9 Å². The van der Waals surface area contributed by atoms with Gasteiger partial charge in [-0.05, 0) is 6.07 Å². The first kappa shape index (κ1) is 15.3. The third kappa shape index (κ3) is 3.92. The Kier molecular flexibility index (Phi) is 4.43. The number of nitrogens with zero attached hydrogens (tertiary/aromatic N) is 3. The van der Waals surface area contributed by atoms with E-state index in [9.17, 15) is 13.2 Å². The van der Waals surface area contributed by atoms with Crippen molar-refractivity contribution in [2.24, 2.45) is 0 Å². The molecule has 0 saturated heterocycles. The highest BCUT2D eigenvalue weighted by atomic mass is 35.5. The van der Waals surface area contributed by atoms with Gasteiger partial charge in [-0.15, -0.1) is 0 Å². The zero-order valence-electron chi connectivity index (χ0n) is 10.6. The molecule has 2 rings (SSSR count). The quantitative estimate of drug-likeness (QED) is 0.822. The fourth-order valence-corrected chi connectivity index (χ4v) is 2.70. The van der Waals surface area contributed by atoms with Crippen LogP contribution < -0.4 is 4.72 Å². The van der Waals surface area contributed by atoms with E-state index in [1.807, 2.05) is 0 Å². The maximum absolute atomic E-state index is 12.1. The summed E-state index contributed by atoms with van der Waals surface area (Å²) in [5.41, 5.74) is 0.150. The number of aromatic nitrogens is 3. The van der Waals surface area contributed by atoms with Crippen molar-refractivity contribution >= 4 is 33.3 Å². The Morgan fingerprint density at radius 3 is 2.86 bits per heavy atom. The molecule has 0 bridgehead atoms. The van der Waals surface area contributed by atoms with Crippen molar-refractivity contribution in [3.63, 3.8) is 0 Å². The number of pyridine rings is 1. The van der Waals surface area contributed by atoms with Gasteiger partial charge < -0.3 is 5.11 Å². The van der Waals surface area contributed by atoms with Crippen molar-refractivity contribution in [1.82, 2.24) is 14.8 Å². The highest BCUT2D eigenvalue weighted by molar-refractivity contribution is 7.92. The predicted molar refractivity (Wildman–Crippen MR) is 74.5 cm³/mol. The number of nitrogens with one attached hydrogen (secondary N) is 1. The molecule has 2 heterocycles. The number of carboxylic acids is 1. The summed E-state index contributed by atoms with van der Waals surface area (Å²) in [6.07, 6.45) is 4.95. The molecule has 0 aliphatic carbocycles. The normalized spacial score (nSPS) is 11.3. The summed E-state index contributed by atoms with van der Waals surface area (Å²) >= 11 is 5.85.